The molecule has 4 nitrogen and oxygen atoms in total. The summed E-state index contributed by atoms with van der Waals surface area (Å²) in [5.41, 5.74) is 1.54. The number of hydrogen-bond acceptors (Lipinski definition) is 4. The highest BCUT2D eigenvalue weighted by Crippen LogP contribution is 2.37. The zero-order chi connectivity index (χ0) is 15.0. The lowest BCUT2D eigenvalue weighted by Gasteiger charge is -2.32. The van der Waals surface area contributed by atoms with Crippen LogP contribution in [0.1, 0.15) is 33.3 Å². The summed E-state index contributed by atoms with van der Waals surface area (Å²) in [4.78, 5) is 0. The summed E-state index contributed by atoms with van der Waals surface area (Å²) in [5, 5.41) is 3.37. The summed E-state index contributed by atoms with van der Waals surface area (Å²) in [7, 11) is 1.42. The van der Waals surface area contributed by atoms with Crippen molar-refractivity contribution in [2.45, 2.75) is 45.8 Å². The first-order chi connectivity index (χ1) is 9.27. The molecule has 0 radical (unpaired) electrons. The van der Waals surface area contributed by atoms with Crippen LogP contribution in [0.5, 0.6) is 5.75 Å². The predicted molar refractivity (Wildman–Crippen MR) is 82.3 cm³/mol. The fraction of sp³-hybridized carbons (Fsp3) is 0.600. The Kier molecular flexibility index (Phi) is 4.03. The second-order valence-corrected chi connectivity index (χ2v) is 6.22. The minimum atomic E-state index is -0.296. The molecule has 1 aliphatic rings. The number of benzene rings is 1. The highest BCUT2D eigenvalue weighted by atomic mass is 16.7. The lowest BCUT2D eigenvalue weighted by atomic mass is 9.90. The van der Waals surface area contributed by atoms with Gasteiger partial charge in [-0.3, -0.25) is 0 Å². The first kappa shape index (κ1) is 15.2. The molecule has 1 saturated heterocycles. The SMILES string of the molecule is COc1cccc(C)c1NCB1OC(C)(C)C(C)(C)O1. The molecule has 0 spiro atoms. The summed E-state index contributed by atoms with van der Waals surface area (Å²) in [5.74, 6) is 0.835. The molecule has 0 unspecified atom stereocenters. The van der Waals surface area contributed by atoms with Gasteiger partial charge in [-0.05, 0) is 46.2 Å². The van der Waals surface area contributed by atoms with Crippen molar-refractivity contribution >= 4 is 12.8 Å². The second-order valence-electron chi connectivity index (χ2n) is 6.22. The van der Waals surface area contributed by atoms with Crippen molar-refractivity contribution in [3.63, 3.8) is 0 Å². The Morgan fingerprint density at radius 2 is 1.75 bits per heavy atom. The van der Waals surface area contributed by atoms with Crippen LogP contribution in [0.25, 0.3) is 0 Å². The van der Waals surface area contributed by atoms with Gasteiger partial charge >= 0.3 is 7.12 Å². The molecule has 1 aromatic carbocycles. The Hall–Kier alpha value is -1.20. The number of anilines is 1. The van der Waals surface area contributed by atoms with E-state index >= 15 is 0 Å². The van der Waals surface area contributed by atoms with E-state index in [4.69, 9.17) is 14.0 Å². The van der Waals surface area contributed by atoms with Crippen LogP contribution in [0, 0.1) is 6.92 Å². The number of rotatable bonds is 4. The first-order valence-corrected chi connectivity index (χ1v) is 7.00. The first-order valence-electron chi connectivity index (χ1n) is 7.00. The lowest BCUT2D eigenvalue weighted by molar-refractivity contribution is 0.00578. The fourth-order valence-corrected chi connectivity index (χ4v) is 2.27. The van der Waals surface area contributed by atoms with Gasteiger partial charge in [-0.1, -0.05) is 12.1 Å². The Morgan fingerprint density at radius 3 is 2.30 bits per heavy atom. The third kappa shape index (κ3) is 2.79. The van der Waals surface area contributed by atoms with Crippen LogP contribution in [0.2, 0.25) is 0 Å². The summed E-state index contributed by atoms with van der Waals surface area (Å²) in [6, 6.07) is 5.97. The minimum absolute atomic E-state index is 0.260. The molecule has 1 aliphatic heterocycles. The topological polar surface area (TPSA) is 39.7 Å². The Balaban J connectivity index is 2.04. The number of para-hydroxylation sites is 1. The van der Waals surface area contributed by atoms with E-state index in [0.29, 0.717) is 6.44 Å². The molecule has 1 N–H and O–H groups in total. The van der Waals surface area contributed by atoms with E-state index < -0.39 is 0 Å². The molecule has 2 rings (SSSR count). The number of hydrogen-bond donors (Lipinski definition) is 1. The maximum atomic E-state index is 5.97. The number of ether oxygens (including phenoxy) is 1. The number of aryl methyl sites for hydroxylation is 1. The molecular formula is C15H24BNO3. The Bertz CT molecular complexity index is 472. The van der Waals surface area contributed by atoms with Crippen LogP contribution in [-0.4, -0.2) is 31.9 Å². The van der Waals surface area contributed by atoms with Gasteiger partial charge in [-0.25, -0.2) is 0 Å². The molecule has 0 bridgehead atoms. The van der Waals surface area contributed by atoms with Gasteiger partial charge in [0, 0.05) is 0 Å². The van der Waals surface area contributed by atoms with Gasteiger partial charge in [-0.2, -0.15) is 0 Å². The van der Waals surface area contributed by atoms with E-state index in [2.05, 4.69) is 46.0 Å². The lowest BCUT2D eigenvalue weighted by Crippen LogP contribution is -2.41. The average molecular weight is 277 g/mol. The van der Waals surface area contributed by atoms with Gasteiger partial charge in [0.05, 0.1) is 30.4 Å². The molecule has 110 valence electrons. The predicted octanol–water partition coefficient (Wildman–Crippen LogP) is 3.05. The zero-order valence-corrected chi connectivity index (χ0v) is 13.2. The average Bonchev–Trinajstić information content (AvgIpc) is 2.56. The second kappa shape index (κ2) is 5.30. The Labute approximate surface area is 121 Å². The van der Waals surface area contributed by atoms with Gasteiger partial charge in [0.15, 0.2) is 0 Å². The summed E-state index contributed by atoms with van der Waals surface area (Å²) >= 11 is 0. The number of nitrogens with one attached hydrogen (secondary N) is 1. The van der Waals surface area contributed by atoms with Crippen LogP contribution in [0.3, 0.4) is 0 Å². The van der Waals surface area contributed by atoms with Crippen molar-refractivity contribution in [3.8, 4) is 5.75 Å². The van der Waals surface area contributed by atoms with E-state index in [1.54, 1.807) is 7.11 Å². The summed E-state index contributed by atoms with van der Waals surface area (Å²) < 4.78 is 17.3. The summed E-state index contributed by atoms with van der Waals surface area (Å²) in [6.45, 7) is 10.3. The quantitative estimate of drug-likeness (QED) is 0.859. The van der Waals surface area contributed by atoms with Crippen molar-refractivity contribution in [1.82, 2.24) is 0 Å². The highest BCUT2D eigenvalue weighted by molar-refractivity contribution is 6.46. The third-order valence-corrected chi connectivity index (χ3v) is 4.20. The van der Waals surface area contributed by atoms with Gasteiger partial charge in [0.1, 0.15) is 5.75 Å². The largest absolute Gasteiger partial charge is 0.495 e. The molecular weight excluding hydrogens is 253 g/mol. The van der Waals surface area contributed by atoms with Gasteiger partial charge in [-0.15, -0.1) is 0 Å². The van der Waals surface area contributed by atoms with Crippen molar-refractivity contribution in [1.29, 1.82) is 0 Å². The van der Waals surface area contributed by atoms with E-state index in [1.807, 2.05) is 12.1 Å². The van der Waals surface area contributed by atoms with Gasteiger partial charge in [0.2, 0.25) is 0 Å². The molecule has 0 aromatic heterocycles. The molecule has 5 heteroatoms. The van der Waals surface area contributed by atoms with E-state index in [1.165, 1.54) is 0 Å². The third-order valence-electron chi connectivity index (χ3n) is 4.20. The zero-order valence-electron chi connectivity index (χ0n) is 13.2. The highest BCUT2D eigenvalue weighted by Gasteiger charge is 2.50. The minimum Gasteiger partial charge on any atom is -0.495 e. The van der Waals surface area contributed by atoms with Crippen LogP contribution in [0.15, 0.2) is 18.2 Å². The molecule has 0 amide bonds. The molecule has 1 heterocycles. The van der Waals surface area contributed by atoms with Crippen molar-refractivity contribution in [3.05, 3.63) is 23.8 Å². The molecule has 0 aliphatic carbocycles. The molecule has 0 saturated carbocycles. The normalized spacial score (nSPS) is 20.0. The van der Waals surface area contributed by atoms with E-state index in [0.717, 1.165) is 17.0 Å². The van der Waals surface area contributed by atoms with Crippen molar-refractivity contribution in [2.75, 3.05) is 18.9 Å². The smallest absolute Gasteiger partial charge is 0.478 e. The monoisotopic (exact) mass is 277 g/mol. The molecule has 20 heavy (non-hydrogen) atoms. The molecule has 1 fully saturated rings. The molecule has 0 atom stereocenters. The Morgan fingerprint density at radius 1 is 1.15 bits per heavy atom. The summed E-state index contributed by atoms with van der Waals surface area (Å²) in [6.07, 6.45) is 0.591. The molecule has 1 aromatic rings. The van der Waals surface area contributed by atoms with E-state index in [-0.39, 0.29) is 18.3 Å². The van der Waals surface area contributed by atoms with Gasteiger partial charge < -0.3 is 19.4 Å². The van der Waals surface area contributed by atoms with Crippen LogP contribution in [-0.2, 0) is 9.31 Å². The van der Waals surface area contributed by atoms with E-state index in [9.17, 15) is 0 Å². The van der Waals surface area contributed by atoms with Crippen molar-refractivity contribution < 1.29 is 14.0 Å². The number of methoxy groups -OCH3 is 1. The van der Waals surface area contributed by atoms with Crippen LogP contribution >= 0.6 is 0 Å². The maximum absolute atomic E-state index is 5.97. The standard InChI is InChI=1S/C15H24BNO3/c1-11-8-7-9-12(18-6)13(11)17-10-16-19-14(2,3)15(4,5)20-16/h7-9,17H,10H2,1-6H3. The fourth-order valence-electron chi connectivity index (χ4n) is 2.27. The van der Waals surface area contributed by atoms with Crippen LogP contribution < -0.4 is 10.1 Å². The van der Waals surface area contributed by atoms with Crippen molar-refractivity contribution in [2.24, 2.45) is 0 Å². The van der Waals surface area contributed by atoms with Crippen LogP contribution in [0.4, 0.5) is 5.69 Å². The van der Waals surface area contributed by atoms with Gasteiger partial charge in [0.25, 0.3) is 0 Å². The maximum Gasteiger partial charge on any atom is 0.478 e.